The Balaban J connectivity index is 1.15. The summed E-state index contributed by atoms with van der Waals surface area (Å²) in [5.74, 6) is 5.39. The zero-order valence-electron chi connectivity index (χ0n) is 28.3. The van der Waals surface area contributed by atoms with Gasteiger partial charge >= 0.3 is 5.97 Å². The number of rotatable bonds is 11. The minimum absolute atomic E-state index is 0.0603. The number of carbonyl (C=O) groups is 2. The van der Waals surface area contributed by atoms with Crippen LogP contribution < -0.4 is 5.32 Å². The molecule has 44 heavy (non-hydrogen) atoms. The summed E-state index contributed by atoms with van der Waals surface area (Å²) >= 11 is 3.42. The van der Waals surface area contributed by atoms with E-state index in [0.717, 1.165) is 70.8 Å². The molecule has 3 fully saturated rings. The fourth-order valence-electron chi connectivity index (χ4n) is 10.6. The molecule has 4 aliphatic rings. The molecule has 0 spiro atoms. The van der Waals surface area contributed by atoms with Gasteiger partial charge in [0.2, 0.25) is 5.91 Å². The summed E-state index contributed by atoms with van der Waals surface area (Å²) in [4.78, 5) is 25.1. The van der Waals surface area contributed by atoms with Gasteiger partial charge in [0.05, 0.1) is 6.42 Å². The lowest BCUT2D eigenvalue weighted by Gasteiger charge is -2.58. The maximum absolute atomic E-state index is 12.7. The van der Waals surface area contributed by atoms with Crippen LogP contribution in [0, 0.1) is 52.3 Å². The second kappa shape index (κ2) is 14.0. The van der Waals surface area contributed by atoms with Crippen molar-refractivity contribution in [2.75, 3.05) is 5.32 Å². The zero-order chi connectivity index (χ0) is 31.6. The van der Waals surface area contributed by atoms with Gasteiger partial charge in [-0.1, -0.05) is 88.0 Å². The van der Waals surface area contributed by atoms with Crippen molar-refractivity contribution in [2.45, 2.75) is 131 Å². The van der Waals surface area contributed by atoms with Crippen molar-refractivity contribution in [2.24, 2.45) is 52.3 Å². The van der Waals surface area contributed by atoms with E-state index in [2.05, 4.69) is 68.9 Å². The Morgan fingerprint density at radius 3 is 2.55 bits per heavy atom. The maximum atomic E-state index is 12.7. The average Bonchev–Trinajstić information content (AvgIpc) is 3.33. The molecule has 4 nitrogen and oxygen atoms in total. The van der Waals surface area contributed by atoms with E-state index in [9.17, 15) is 9.59 Å². The number of hydrogen-bond donors (Lipinski definition) is 1. The predicted molar refractivity (Wildman–Crippen MR) is 184 cm³/mol. The first kappa shape index (κ1) is 33.7. The highest BCUT2D eigenvalue weighted by Crippen LogP contribution is 2.67. The number of amides is 1. The van der Waals surface area contributed by atoms with Gasteiger partial charge in [0, 0.05) is 23.0 Å². The highest BCUT2D eigenvalue weighted by atomic mass is 79.9. The van der Waals surface area contributed by atoms with Crippen molar-refractivity contribution in [1.29, 1.82) is 0 Å². The molecule has 0 aliphatic heterocycles. The van der Waals surface area contributed by atoms with Crippen molar-refractivity contribution in [1.82, 2.24) is 0 Å². The Morgan fingerprint density at radius 2 is 1.82 bits per heavy atom. The molecule has 0 unspecified atom stereocenters. The van der Waals surface area contributed by atoms with Crippen LogP contribution in [0.3, 0.4) is 0 Å². The second-order valence-electron chi connectivity index (χ2n) is 15.9. The molecule has 0 heterocycles. The summed E-state index contributed by atoms with van der Waals surface area (Å²) in [6.45, 7) is 15.0. The van der Waals surface area contributed by atoms with Gasteiger partial charge in [0.1, 0.15) is 6.10 Å². The number of fused-ring (bicyclic) bond motifs is 5. The zero-order valence-corrected chi connectivity index (χ0v) is 29.9. The van der Waals surface area contributed by atoms with Crippen LogP contribution in [-0.4, -0.2) is 18.0 Å². The molecule has 0 radical (unpaired) electrons. The molecular formula is C39H58BrNO3. The van der Waals surface area contributed by atoms with Gasteiger partial charge in [-0.2, -0.15) is 0 Å². The molecule has 1 N–H and O–H groups in total. The van der Waals surface area contributed by atoms with Crippen molar-refractivity contribution in [3.63, 3.8) is 0 Å². The Labute approximate surface area is 276 Å². The Hall–Kier alpha value is -1.62. The lowest BCUT2D eigenvalue weighted by molar-refractivity contribution is -0.152. The average molecular weight is 669 g/mol. The van der Waals surface area contributed by atoms with Crippen LogP contribution >= 0.6 is 15.9 Å². The molecule has 9 atom stereocenters. The van der Waals surface area contributed by atoms with Gasteiger partial charge in [-0.15, -0.1) is 0 Å². The largest absolute Gasteiger partial charge is 0.462 e. The first-order valence-corrected chi connectivity index (χ1v) is 18.7. The Bertz CT molecular complexity index is 1210. The molecule has 3 saturated carbocycles. The maximum Gasteiger partial charge on any atom is 0.306 e. The third kappa shape index (κ3) is 7.03. The molecule has 4 aliphatic carbocycles. The van der Waals surface area contributed by atoms with Crippen LogP contribution in [0.4, 0.5) is 5.69 Å². The van der Waals surface area contributed by atoms with E-state index in [1.807, 2.05) is 24.3 Å². The van der Waals surface area contributed by atoms with E-state index in [-0.39, 0.29) is 36.2 Å². The smallest absolute Gasteiger partial charge is 0.306 e. The fraction of sp³-hybridized carbons (Fsp3) is 0.744. The van der Waals surface area contributed by atoms with Crippen LogP contribution in [0.25, 0.3) is 0 Å². The van der Waals surface area contributed by atoms with E-state index in [1.54, 1.807) is 5.57 Å². The molecule has 0 bridgehead atoms. The quantitative estimate of drug-likeness (QED) is 0.189. The molecule has 0 saturated heterocycles. The molecule has 5 heteroatoms. The van der Waals surface area contributed by atoms with E-state index in [0.29, 0.717) is 5.41 Å². The van der Waals surface area contributed by atoms with Crippen LogP contribution in [0.2, 0.25) is 0 Å². The highest BCUT2D eigenvalue weighted by molar-refractivity contribution is 9.10. The standard InChI is InChI=1S/C39H58BrNO3/c1-7-27(25(2)3)12-11-26(4)33-15-16-34-32-14-13-28-23-31(19-21-38(28,5)35(32)20-22-39(33,34)6)44-37(43)18-17-36(42)41-30-10-8-9-29(40)24-30/h8-10,13,24-27,31-35H,7,11-12,14-23H2,1-6H3,(H,41,42)/t26-,27-,31+,32+,33-,34+,35+,38+,39-/m1/s1. The Kier molecular flexibility index (Phi) is 10.7. The van der Waals surface area contributed by atoms with Crippen molar-refractivity contribution in [3.8, 4) is 0 Å². The molecule has 1 amide bonds. The van der Waals surface area contributed by atoms with E-state index < -0.39 is 0 Å². The third-order valence-electron chi connectivity index (χ3n) is 13.2. The SMILES string of the molecule is CC[C@H](CC[C@@H](C)[C@H]1CC[C@H]2[C@@H]3CC=C4C[C@@H](OC(=O)CCC(=O)Nc5cccc(Br)c5)CC[C@]4(C)[C@H]3CC[C@]12C)C(C)C. The van der Waals surface area contributed by atoms with Gasteiger partial charge in [0.25, 0.3) is 0 Å². The molecule has 0 aromatic heterocycles. The van der Waals surface area contributed by atoms with Gasteiger partial charge in [-0.05, 0) is 122 Å². The lowest BCUT2D eigenvalue weighted by Crippen LogP contribution is -2.51. The van der Waals surface area contributed by atoms with Crippen LogP contribution in [0.15, 0.2) is 40.4 Å². The van der Waals surface area contributed by atoms with E-state index in [1.165, 1.54) is 51.4 Å². The van der Waals surface area contributed by atoms with E-state index >= 15 is 0 Å². The summed E-state index contributed by atoms with van der Waals surface area (Å²) < 4.78 is 6.87. The number of esters is 1. The number of hydrogen-bond acceptors (Lipinski definition) is 3. The monoisotopic (exact) mass is 667 g/mol. The number of benzene rings is 1. The summed E-state index contributed by atoms with van der Waals surface area (Å²) in [6.07, 6.45) is 16.6. The first-order chi connectivity index (χ1) is 20.9. The number of allylic oxidation sites excluding steroid dienone is 1. The third-order valence-corrected chi connectivity index (χ3v) is 13.7. The van der Waals surface area contributed by atoms with Crippen LogP contribution in [-0.2, 0) is 14.3 Å². The van der Waals surface area contributed by atoms with Gasteiger partial charge in [-0.25, -0.2) is 0 Å². The predicted octanol–water partition coefficient (Wildman–Crippen LogP) is 10.8. The molecule has 5 rings (SSSR count). The summed E-state index contributed by atoms with van der Waals surface area (Å²) in [6, 6.07) is 7.49. The summed E-state index contributed by atoms with van der Waals surface area (Å²) in [5.41, 5.74) is 3.01. The summed E-state index contributed by atoms with van der Waals surface area (Å²) in [7, 11) is 0. The number of anilines is 1. The number of carbonyl (C=O) groups excluding carboxylic acids is 2. The van der Waals surface area contributed by atoms with Gasteiger partial charge in [-0.3, -0.25) is 9.59 Å². The molecule has 244 valence electrons. The minimum atomic E-state index is -0.254. The summed E-state index contributed by atoms with van der Waals surface area (Å²) in [5, 5.41) is 2.87. The first-order valence-electron chi connectivity index (χ1n) is 17.9. The van der Waals surface area contributed by atoms with E-state index in [4.69, 9.17) is 4.74 Å². The van der Waals surface area contributed by atoms with Crippen molar-refractivity contribution < 1.29 is 14.3 Å². The highest BCUT2D eigenvalue weighted by Gasteiger charge is 2.59. The van der Waals surface area contributed by atoms with Crippen LogP contribution in [0.5, 0.6) is 0 Å². The lowest BCUT2D eigenvalue weighted by atomic mass is 9.47. The van der Waals surface area contributed by atoms with Crippen molar-refractivity contribution in [3.05, 3.63) is 40.4 Å². The minimum Gasteiger partial charge on any atom is -0.462 e. The topological polar surface area (TPSA) is 55.4 Å². The molecular weight excluding hydrogens is 610 g/mol. The second-order valence-corrected chi connectivity index (χ2v) is 16.8. The Morgan fingerprint density at radius 1 is 1.02 bits per heavy atom. The van der Waals surface area contributed by atoms with Gasteiger partial charge in [0.15, 0.2) is 0 Å². The molecule has 1 aromatic carbocycles. The van der Waals surface area contributed by atoms with Gasteiger partial charge < -0.3 is 10.1 Å². The number of halogens is 1. The number of ether oxygens (including phenoxy) is 1. The number of nitrogens with one attached hydrogen (secondary N) is 1. The van der Waals surface area contributed by atoms with Crippen LogP contribution in [0.1, 0.15) is 125 Å². The van der Waals surface area contributed by atoms with Crippen molar-refractivity contribution >= 4 is 33.5 Å². The molecule has 1 aromatic rings. The normalized spacial score (nSPS) is 34.3. The fourth-order valence-corrected chi connectivity index (χ4v) is 11.0.